The van der Waals surface area contributed by atoms with Crippen LogP contribution in [0.2, 0.25) is 0 Å². The number of nitriles is 1. The molecule has 1 unspecified atom stereocenters. The summed E-state index contributed by atoms with van der Waals surface area (Å²) < 4.78 is 0. The van der Waals surface area contributed by atoms with E-state index in [1.54, 1.807) is 24.3 Å². The molecule has 2 aromatic rings. The molecule has 102 valence electrons. The summed E-state index contributed by atoms with van der Waals surface area (Å²) in [4.78, 5) is 14.0. The van der Waals surface area contributed by atoms with Gasteiger partial charge in [0.1, 0.15) is 6.04 Å². The normalized spacial score (nSPS) is 16.7. The van der Waals surface area contributed by atoms with Gasteiger partial charge in [-0.25, -0.2) is 0 Å². The molecule has 2 aromatic carbocycles. The summed E-state index contributed by atoms with van der Waals surface area (Å²) in [6.45, 7) is 0. The van der Waals surface area contributed by atoms with E-state index >= 15 is 0 Å². The van der Waals surface area contributed by atoms with E-state index in [-0.39, 0.29) is 5.91 Å². The van der Waals surface area contributed by atoms with E-state index in [1.807, 2.05) is 30.3 Å². The number of amides is 1. The third-order valence-electron chi connectivity index (χ3n) is 3.42. The van der Waals surface area contributed by atoms with Crippen LogP contribution in [0.4, 0.5) is 0 Å². The minimum atomic E-state index is -0.670. The number of nitrogens with zero attached hydrogens (tertiary/aromatic N) is 2. The molecule has 3 rings (SSSR count). The number of hydrogen-bond donors (Lipinski definition) is 0. The molecule has 1 atom stereocenters. The maximum atomic E-state index is 12.6. The zero-order valence-electron chi connectivity index (χ0n) is 11.0. The van der Waals surface area contributed by atoms with Crippen LogP contribution in [0.25, 0.3) is 5.03 Å². The molecule has 0 N–H and O–H groups in total. The van der Waals surface area contributed by atoms with Crippen molar-refractivity contribution >= 4 is 22.5 Å². The summed E-state index contributed by atoms with van der Waals surface area (Å²) in [6.07, 6.45) is 1.53. The molecule has 21 heavy (non-hydrogen) atoms. The van der Waals surface area contributed by atoms with Crippen LogP contribution in [0.5, 0.6) is 0 Å². The molecule has 0 bridgehead atoms. The van der Waals surface area contributed by atoms with E-state index in [0.29, 0.717) is 10.6 Å². The molecule has 0 aliphatic carbocycles. The summed E-state index contributed by atoms with van der Waals surface area (Å²) in [5.41, 5.74) is 2.07. The first-order valence-corrected chi connectivity index (χ1v) is 6.84. The van der Waals surface area contributed by atoms with Crippen LogP contribution in [0.3, 0.4) is 0 Å². The van der Waals surface area contributed by atoms with Crippen LogP contribution >= 0.6 is 11.6 Å². The minimum Gasteiger partial charge on any atom is -0.293 e. The van der Waals surface area contributed by atoms with Gasteiger partial charge < -0.3 is 0 Å². The zero-order chi connectivity index (χ0) is 14.8. The van der Waals surface area contributed by atoms with Crippen molar-refractivity contribution in [2.24, 2.45) is 0 Å². The number of rotatable bonds is 1. The van der Waals surface area contributed by atoms with E-state index in [1.165, 1.54) is 11.1 Å². The second-order valence-electron chi connectivity index (χ2n) is 4.67. The van der Waals surface area contributed by atoms with Gasteiger partial charge in [-0.3, -0.25) is 9.69 Å². The van der Waals surface area contributed by atoms with E-state index in [0.717, 1.165) is 11.1 Å². The van der Waals surface area contributed by atoms with Crippen molar-refractivity contribution in [1.82, 2.24) is 4.90 Å². The van der Waals surface area contributed by atoms with E-state index in [4.69, 9.17) is 11.6 Å². The van der Waals surface area contributed by atoms with E-state index < -0.39 is 6.04 Å². The lowest BCUT2D eigenvalue weighted by molar-refractivity contribution is 0.0794. The van der Waals surface area contributed by atoms with Gasteiger partial charge in [-0.1, -0.05) is 54.1 Å². The van der Waals surface area contributed by atoms with E-state index in [2.05, 4.69) is 6.07 Å². The molecule has 0 fully saturated rings. The third-order valence-corrected chi connectivity index (χ3v) is 3.72. The molecular formula is C17H11ClN2O. The van der Waals surface area contributed by atoms with Crippen molar-refractivity contribution in [2.75, 3.05) is 0 Å². The molecule has 1 amide bonds. The number of benzene rings is 2. The van der Waals surface area contributed by atoms with Crippen molar-refractivity contribution in [3.8, 4) is 6.07 Å². The average Bonchev–Trinajstić information content (AvgIpc) is 2.55. The van der Waals surface area contributed by atoms with Gasteiger partial charge in [0.15, 0.2) is 0 Å². The molecule has 4 heteroatoms. The predicted molar refractivity (Wildman–Crippen MR) is 81.2 cm³/mol. The van der Waals surface area contributed by atoms with E-state index in [9.17, 15) is 10.1 Å². The number of fused-ring (bicyclic) bond motifs is 1. The molecule has 1 heterocycles. The summed E-state index contributed by atoms with van der Waals surface area (Å²) >= 11 is 6.25. The maximum absolute atomic E-state index is 12.6. The molecular weight excluding hydrogens is 284 g/mol. The molecule has 1 aliphatic rings. The monoisotopic (exact) mass is 294 g/mol. The minimum absolute atomic E-state index is 0.241. The van der Waals surface area contributed by atoms with Crippen molar-refractivity contribution in [3.63, 3.8) is 0 Å². The van der Waals surface area contributed by atoms with Gasteiger partial charge in [-0.05, 0) is 17.7 Å². The Morgan fingerprint density at radius 2 is 1.76 bits per heavy atom. The summed E-state index contributed by atoms with van der Waals surface area (Å²) in [5.74, 6) is -0.241. The van der Waals surface area contributed by atoms with Crippen LogP contribution in [0, 0.1) is 11.3 Å². The molecule has 0 spiro atoms. The van der Waals surface area contributed by atoms with Crippen molar-refractivity contribution < 1.29 is 4.79 Å². The Morgan fingerprint density at radius 1 is 1.10 bits per heavy atom. The smallest absolute Gasteiger partial charge is 0.259 e. The Hall–Kier alpha value is -2.57. The first-order chi connectivity index (χ1) is 10.2. The Balaban J connectivity index is 2.07. The topological polar surface area (TPSA) is 44.1 Å². The highest BCUT2D eigenvalue weighted by atomic mass is 35.5. The van der Waals surface area contributed by atoms with Crippen molar-refractivity contribution in [3.05, 3.63) is 77.5 Å². The fraction of sp³-hybridized carbons (Fsp3) is 0.0588. The highest BCUT2D eigenvalue weighted by molar-refractivity contribution is 6.49. The highest BCUT2D eigenvalue weighted by Gasteiger charge is 2.30. The van der Waals surface area contributed by atoms with Crippen LogP contribution in [-0.2, 0) is 0 Å². The molecule has 0 radical (unpaired) electrons. The number of halogens is 1. The largest absolute Gasteiger partial charge is 0.293 e. The van der Waals surface area contributed by atoms with Gasteiger partial charge in [0.25, 0.3) is 5.91 Å². The number of carbonyl (C=O) groups excluding carboxylic acids is 1. The molecule has 0 saturated heterocycles. The number of carbonyl (C=O) groups is 1. The summed E-state index contributed by atoms with van der Waals surface area (Å²) in [6, 6.07) is 17.7. The summed E-state index contributed by atoms with van der Waals surface area (Å²) in [5, 5.41) is 9.93. The van der Waals surface area contributed by atoms with Gasteiger partial charge in [0, 0.05) is 17.3 Å². The third kappa shape index (κ3) is 2.31. The fourth-order valence-corrected chi connectivity index (χ4v) is 2.68. The van der Waals surface area contributed by atoms with Crippen molar-refractivity contribution in [1.29, 1.82) is 5.26 Å². The molecule has 3 nitrogen and oxygen atoms in total. The van der Waals surface area contributed by atoms with Crippen LogP contribution < -0.4 is 0 Å². The van der Waals surface area contributed by atoms with Crippen LogP contribution in [0.1, 0.15) is 27.5 Å². The molecule has 0 aromatic heterocycles. The highest BCUT2D eigenvalue weighted by Crippen LogP contribution is 2.36. The standard InChI is InChI=1S/C17H11ClN2O/c18-15-11-20(17(21)12-6-2-1-3-7-12)16(10-19)14-9-5-4-8-13(14)15/h1-9,11,16H. The second-order valence-corrected chi connectivity index (χ2v) is 5.08. The van der Waals surface area contributed by atoms with Gasteiger partial charge in [-0.15, -0.1) is 0 Å². The SMILES string of the molecule is N#CC1c2ccccc2C(Cl)=CN1C(=O)c1ccccc1. The maximum Gasteiger partial charge on any atom is 0.259 e. The van der Waals surface area contributed by atoms with Crippen molar-refractivity contribution in [2.45, 2.75) is 6.04 Å². The molecule has 0 saturated carbocycles. The predicted octanol–water partition coefficient (Wildman–Crippen LogP) is 3.94. The lowest BCUT2D eigenvalue weighted by atomic mass is 9.96. The zero-order valence-corrected chi connectivity index (χ0v) is 11.8. The average molecular weight is 295 g/mol. The Kier molecular flexibility index (Phi) is 3.47. The first kappa shape index (κ1) is 13.4. The lowest BCUT2D eigenvalue weighted by Gasteiger charge is -2.30. The van der Waals surface area contributed by atoms with Gasteiger partial charge in [0.05, 0.1) is 11.1 Å². The Bertz CT molecular complexity index is 762. The van der Waals surface area contributed by atoms with Crippen LogP contribution in [0.15, 0.2) is 60.8 Å². The lowest BCUT2D eigenvalue weighted by Crippen LogP contribution is -2.32. The first-order valence-electron chi connectivity index (χ1n) is 6.46. The quantitative estimate of drug-likeness (QED) is 0.799. The summed E-state index contributed by atoms with van der Waals surface area (Å²) in [7, 11) is 0. The number of hydrogen-bond acceptors (Lipinski definition) is 2. The second kappa shape index (κ2) is 5.43. The van der Waals surface area contributed by atoms with Crippen LogP contribution in [-0.4, -0.2) is 10.8 Å². The van der Waals surface area contributed by atoms with Gasteiger partial charge in [0.2, 0.25) is 0 Å². The Labute approximate surface area is 127 Å². The molecule has 1 aliphatic heterocycles. The van der Waals surface area contributed by atoms with Gasteiger partial charge in [-0.2, -0.15) is 5.26 Å². The van der Waals surface area contributed by atoms with Gasteiger partial charge >= 0.3 is 0 Å². The Morgan fingerprint density at radius 3 is 2.48 bits per heavy atom. The fourth-order valence-electron chi connectivity index (χ4n) is 2.41.